The molecule has 0 unspecified atom stereocenters. The summed E-state index contributed by atoms with van der Waals surface area (Å²) in [5.41, 5.74) is 2.87. The molecule has 140 valence electrons. The molecule has 0 N–H and O–H groups in total. The summed E-state index contributed by atoms with van der Waals surface area (Å²) >= 11 is 1.79. The highest BCUT2D eigenvalue weighted by Crippen LogP contribution is 2.38. The van der Waals surface area contributed by atoms with Crippen LogP contribution in [0.4, 0.5) is 0 Å². The van der Waals surface area contributed by atoms with Crippen molar-refractivity contribution in [2.24, 2.45) is 5.92 Å². The van der Waals surface area contributed by atoms with Crippen LogP contribution < -0.4 is 4.74 Å². The molecule has 28 heavy (non-hydrogen) atoms. The molecule has 3 aromatic heterocycles. The van der Waals surface area contributed by atoms with Crippen LogP contribution in [0.15, 0.2) is 30.6 Å². The van der Waals surface area contributed by atoms with Crippen molar-refractivity contribution in [1.29, 1.82) is 5.26 Å². The van der Waals surface area contributed by atoms with E-state index in [-0.39, 0.29) is 6.10 Å². The monoisotopic (exact) mass is 389 g/mol. The molecule has 1 aromatic carbocycles. The number of aryl methyl sites for hydroxylation is 1. The van der Waals surface area contributed by atoms with Gasteiger partial charge in [0.1, 0.15) is 16.9 Å². The third-order valence-electron chi connectivity index (χ3n) is 5.31. The van der Waals surface area contributed by atoms with E-state index in [4.69, 9.17) is 15.0 Å². The molecule has 6 nitrogen and oxygen atoms in total. The van der Waals surface area contributed by atoms with E-state index in [9.17, 15) is 0 Å². The van der Waals surface area contributed by atoms with Gasteiger partial charge in [-0.2, -0.15) is 5.26 Å². The van der Waals surface area contributed by atoms with E-state index in [0.717, 1.165) is 34.6 Å². The lowest BCUT2D eigenvalue weighted by molar-refractivity contribution is 0.216. The molecule has 0 spiro atoms. The summed E-state index contributed by atoms with van der Waals surface area (Å²) < 4.78 is 7.75. The molecule has 0 bridgehead atoms. The summed E-state index contributed by atoms with van der Waals surface area (Å²) in [6, 6.07) is 9.18. The minimum Gasteiger partial charge on any atom is -0.483 e. The van der Waals surface area contributed by atoms with E-state index >= 15 is 0 Å². The standard InChI is InChI=1S/C21H19N5OS/c1-12-3-8-16-17(9-12)28-21-18(16)20-24-19(25-26(20)11-23-21)13(2)27-15-6-4-14(10-22)5-7-15/h4-7,11-13H,3,8-9H2,1-2H3/t12-,13+/m1/s1. The second kappa shape index (κ2) is 6.57. The molecule has 0 radical (unpaired) electrons. The molecule has 0 aliphatic heterocycles. The van der Waals surface area contributed by atoms with Crippen LogP contribution in [0, 0.1) is 17.2 Å². The van der Waals surface area contributed by atoms with Gasteiger partial charge in [0, 0.05) is 4.88 Å². The van der Waals surface area contributed by atoms with Crippen LogP contribution in [0.2, 0.25) is 0 Å². The number of hydrogen-bond donors (Lipinski definition) is 0. The zero-order valence-corrected chi connectivity index (χ0v) is 16.5. The number of aromatic nitrogens is 4. The first kappa shape index (κ1) is 17.1. The van der Waals surface area contributed by atoms with Gasteiger partial charge in [0.15, 0.2) is 17.6 Å². The number of ether oxygens (including phenoxy) is 1. The topological polar surface area (TPSA) is 76.1 Å². The Morgan fingerprint density at radius 2 is 2.14 bits per heavy atom. The van der Waals surface area contributed by atoms with E-state index in [1.54, 1.807) is 46.4 Å². The molecule has 1 aliphatic rings. The molecule has 7 heteroatoms. The highest BCUT2D eigenvalue weighted by Gasteiger charge is 2.24. The predicted molar refractivity (Wildman–Crippen MR) is 108 cm³/mol. The van der Waals surface area contributed by atoms with E-state index in [1.807, 2.05) is 6.92 Å². The minimum absolute atomic E-state index is 0.308. The number of nitriles is 1. The number of benzene rings is 1. The Kier molecular flexibility index (Phi) is 4.02. The molecule has 0 saturated carbocycles. The van der Waals surface area contributed by atoms with Crippen molar-refractivity contribution in [2.45, 2.75) is 39.2 Å². The van der Waals surface area contributed by atoms with Crippen molar-refractivity contribution in [2.75, 3.05) is 0 Å². The van der Waals surface area contributed by atoms with Crippen LogP contribution in [-0.4, -0.2) is 19.6 Å². The Morgan fingerprint density at radius 3 is 2.93 bits per heavy atom. The van der Waals surface area contributed by atoms with Gasteiger partial charge < -0.3 is 4.74 Å². The van der Waals surface area contributed by atoms with Gasteiger partial charge in [0.25, 0.3) is 0 Å². The van der Waals surface area contributed by atoms with Gasteiger partial charge in [0.05, 0.1) is 17.0 Å². The van der Waals surface area contributed by atoms with Gasteiger partial charge in [-0.25, -0.2) is 14.5 Å². The van der Waals surface area contributed by atoms with Gasteiger partial charge in [-0.05, 0) is 61.9 Å². The Labute approximate surface area is 166 Å². The summed E-state index contributed by atoms with van der Waals surface area (Å²) in [6.07, 6.45) is 4.85. The number of hydrogen-bond acceptors (Lipinski definition) is 6. The first-order valence-corrected chi connectivity index (χ1v) is 10.3. The summed E-state index contributed by atoms with van der Waals surface area (Å²) in [5.74, 6) is 2.05. The van der Waals surface area contributed by atoms with Crippen molar-refractivity contribution in [1.82, 2.24) is 19.6 Å². The zero-order chi connectivity index (χ0) is 19.3. The smallest absolute Gasteiger partial charge is 0.192 e. The van der Waals surface area contributed by atoms with Crippen molar-refractivity contribution < 1.29 is 4.74 Å². The van der Waals surface area contributed by atoms with Crippen molar-refractivity contribution >= 4 is 27.2 Å². The summed E-state index contributed by atoms with van der Waals surface area (Å²) in [4.78, 5) is 11.9. The molecular formula is C21H19N5OS. The number of thiophene rings is 1. The third kappa shape index (κ3) is 2.81. The van der Waals surface area contributed by atoms with Gasteiger partial charge in [-0.3, -0.25) is 0 Å². The molecule has 5 rings (SSSR count). The van der Waals surface area contributed by atoms with Gasteiger partial charge in [-0.15, -0.1) is 16.4 Å². The summed E-state index contributed by atoms with van der Waals surface area (Å²) in [5, 5.41) is 14.7. The highest BCUT2D eigenvalue weighted by atomic mass is 32.1. The van der Waals surface area contributed by atoms with Crippen molar-refractivity contribution in [3.05, 3.63) is 52.4 Å². The molecule has 0 saturated heterocycles. The molecule has 0 amide bonds. The Morgan fingerprint density at radius 1 is 1.32 bits per heavy atom. The van der Waals surface area contributed by atoms with Crippen LogP contribution in [0.5, 0.6) is 5.75 Å². The van der Waals surface area contributed by atoms with Crippen molar-refractivity contribution in [3.63, 3.8) is 0 Å². The number of rotatable bonds is 3. The molecule has 4 aromatic rings. The van der Waals surface area contributed by atoms with E-state index in [1.165, 1.54) is 16.9 Å². The molecule has 3 heterocycles. The molecule has 0 fully saturated rings. The van der Waals surface area contributed by atoms with E-state index in [2.05, 4.69) is 23.1 Å². The second-order valence-corrected chi connectivity index (χ2v) is 8.49. The average Bonchev–Trinajstić information content (AvgIpc) is 3.28. The van der Waals surface area contributed by atoms with E-state index < -0.39 is 0 Å². The summed E-state index contributed by atoms with van der Waals surface area (Å²) in [6.45, 7) is 4.25. The van der Waals surface area contributed by atoms with Gasteiger partial charge in [-0.1, -0.05) is 6.92 Å². The lowest BCUT2D eigenvalue weighted by Gasteiger charge is -2.17. The Hall–Kier alpha value is -2.98. The van der Waals surface area contributed by atoms with Crippen LogP contribution in [-0.2, 0) is 12.8 Å². The second-order valence-electron chi connectivity index (χ2n) is 7.41. The maximum absolute atomic E-state index is 8.92. The average molecular weight is 389 g/mol. The third-order valence-corrected chi connectivity index (χ3v) is 6.47. The molecule has 2 atom stereocenters. The highest BCUT2D eigenvalue weighted by molar-refractivity contribution is 7.19. The van der Waals surface area contributed by atoms with E-state index in [0.29, 0.717) is 17.1 Å². The fraction of sp³-hybridized carbons (Fsp3) is 0.333. The normalized spacial score (nSPS) is 17.4. The lowest BCUT2D eigenvalue weighted by atomic mass is 9.89. The Bertz CT molecular complexity index is 1220. The predicted octanol–water partition coefficient (Wildman–Crippen LogP) is 4.48. The van der Waals surface area contributed by atoms with Crippen LogP contribution in [0.25, 0.3) is 15.9 Å². The van der Waals surface area contributed by atoms with Crippen LogP contribution in [0.1, 0.15) is 48.2 Å². The first-order valence-electron chi connectivity index (χ1n) is 9.44. The quantitative estimate of drug-likeness (QED) is 0.516. The van der Waals surface area contributed by atoms with Gasteiger partial charge in [0.2, 0.25) is 0 Å². The zero-order valence-electron chi connectivity index (χ0n) is 15.7. The maximum atomic E-state index is 8.92. The van der Waals surface area contributed by atoms with Crippen LogP contribution >= 0.6 is 11.3 Å². The first-order chi connectivity index (χ1) is 13.6. The SMILES string of the molecule is C[C@@H]1CCc2c(sc3ncn4nc([C@H](C)Oc5ccc(C#N)cc5)nc4c23)C1. The maximum Gasteiger partial charge on any atom is 0.192 e. The lowest BCUT2D eigenvalue weighted by Crippen LogP contribution is -2.08. The fourth-order valence-electron chi connectivity index (χ4n) is 3.79. The number of fused-ring (bicyclic) bond motifs is 5. The minimum atomic E-state index is -0.308. The van der Waals surface area contributed by atoms with Crippen molar-refractivity contribution in [3.8, 4) is 11.8 Å². The number of nitrogens with zero attached hydrogens (tertiary/aromatic N) is 5. The fourth-order valence-corrected chi connectivity index (χ4v) is 5.14. The van der Waals surface area contributed by atoms with Crippen LogP contribution in [0.3, 0.4) is 0 Å². The largest absolute Gasteiger partial charge is 0.483 e. The molecular weight excluding hydrogens is 370 g/mol. The van der Waals surface area contributed by atoms with Gasteiger partial charge >= 0.3 is 0 Å². The Balaban J connectivity index is 1.52. The summed E-state index contributed by atoms with van der Waals surface area (Å²) in [7, 11) is 0. The molecule has 1 aliphatic carbocycles.